The van der Waals surface area contributed by atoms with Gasteiger partial charge in [0.05, 0.1) is 24.0 Å². The summed E-state index contributed by atoms with van der Waals surface area (Å²) in [5.74, 6) is 0.926. The molecule has 2 aliphatic heterocycles. The number of esters is 1. The van der Waals surface area contributed by atoms with Crippen LogP contribution in [0.3, 0.4) is 0 Å². The summed E-state index contributed by atoms with van der Waals surface area (Å²) < 4.78 is 57.2. The average molecular weight is 652 g/mol. The highest BCUT2D eigenvalue weighted by Crippen LogP contribution is 2.49. The van der Waals surface area contributed by atoms with Crippen molar-refractivity contribution in [2.45, 2.75) is 22.4 Å². The van der Waals surface area contributed by atoms with E-state index in [1.807, 2.05) is 59.5 Å². The van der Waals surface area contributed by atoms with Gasteiger partial charge in [0.2, 0.25) is 0 Å². The predicted molar refractivity (Wildman–Crippen MR) is 173 cm³/mol. The third-order valence-electron chi connectivity index (χ3n) is 8.35. The number of carbonyl (C=O) groups excluding carboxylic acids is 1. The van der Waals surface area contributed by atoms with Crippen molar-refractivity contribution in [2.24, 2.45) is 0 Å². The topological polar surface area (TPSA) is 54.5 Å². The van der Waals surface area contributed by atoms with Crippen LogP contribution in [0, 0.1) is 0 Å². The predicted octanol–water partition coefficient (Wildman–Crippen LogP) is 7.10. The highest BCUT2D eigenvalue weighted by atomic mass is 32.2. The number of rotatable bonds is 11. The standard InChI is InChI=1S/C35H36F3N3O4S/c1-43-30-12-13-31(27-8-3-2-7-26(27)30)45-24-34(42)44-22-21-40-19-17-39(18-20-40)15-6-16-41-28-9-4-5-10-32(28)46-33-14-11-25(23-29(33)41)35(36,37)38/h2-5,7-14,23H,6,15-22,24H2,1H3. The Morgan fingerprint density at radius 3 is 2.17 bits per heavy atom. The molecule has 0 aromatic heterocycles. The van der Waals surface area contributed by atoms with Gasteiger partial charge in [-0.2, -0.15) is 13.2 Å². The number of ether oxygens (including phenoxy) is 3. The summed E-state index contributed by atoms with van der Waals surface area (Å²) >= 11 is 1.51. The van der Waals surface area contributed by atoms with Gasteiger partial charge in [-0.15, -0.1) is 0 Å². The largest absolute Gasteiger partial charge is 0.496 e. The highest BCUT2D eigenvalue weighted by molar-refractivity contribution is 7.99. The van der Waals surface area contributed by atoms with Crippen LogP contribution in [0.5, 0.6) is 11.5 Å². The van der Waals surface area contributed by atoms with Crippen LogP contribution in [0.15, 0.2) is 88.7 Å². The summed E-state index contributed by atoms with van der Waals surface area (Å²) in [6.45, 7) is 5.69. The monoisotopic (exact) mass is 651 g/mol. The Kier molecular flexibility index (Phi) is 9.91. The Hall–Kier alpha value is -3.93. The van der Waals surface area contributed by atoms with Crippen LogP contribution in [0.2, 0.25) is 0 Å². The van der Waals surface area contributed by atoms with E-state index in [0.29, 0.717) is 24.5 Å². The molecule has 0 radical (unpaired) electrons. The van der Waals surface area contributed by atoms with E-state index in [1.165, 1.54) is 17.8 Å². The SMILES string of the molecule is COc1ccc(OCC(=O)OCCN2CCN(CCCN3c4ccccc4Sc4ccc(C(F)(F)F)cc43)CC2)c2ccccc12. The molecule has 0 saturated carbocycles. The van der Waals surface area contributed by atoms with Gasteiger partial charge >= 0.3 is 12.1 Å². The number of benzene rings is 4. The number of methoxy groups -OCH3 is 1. The van der Waals surface area contributed by atoms with Crippen LogP contribution < -0.4 is 14.4 Å². The molecule has 4 aromatic carbocycles. The van der Waals surface area contributed by atoms with Crippen molar-refractivity contribution in [3.8, 4) is 11.5 Å². The van der Waals surface area contributed by atoms with Gasteiger partial charge < -0.3 is 24.0 Å². The molecule has 0 spiro atoms. The smallest absolute Gasteiger partial charge is 0.416 e. The van der Waals surface area contributed by atoms with E-state index >= 15 is 0 Å². The lowest BCUT2D eigenvalue weighted by atomic mass is 10.1. The highest BCUT2D eigenvalue weighted by Gasteiger charge is 2.33. The molecule has 0 bridgehead atoms. The zero-order chi connectivity index (χ0) is 32.1. The summed E-state index contributed by atoms with van der Waals surface area (Å²) in [5.41, 5.74) is 0.929. The van der Waals surface area contributed by atoms with Crippen LogP contribution in [-0.4, -0.2) is 81.9 Å². The Morgan fingerprint density at radius 2 is 1.43 bits per heavy atom. The maximum absolute atomic E-state index is 13.5. The van der Waals surface area contributed by atoms with Crippen LogP contribution in [0.25, 0.3) is 10.8 Å². The van der Waals surface area contributed by atoms with Gasteiger partial charge in [-0.1, -0.05) is 48.2 Å². The zero-order valence-electron chi connectivity index (χ0n) is 25.6. The third-order valence-corrected chi connectivity index (χ3v) is 9.48. The van der Waals surface area contributed by atoms with Crippen LogP contribution in [-0.2, 0) is 15.7 Å². The van der Waals surface area contributed by atoms with E-state index in [9.17, 15) is 18.0 Å². The molecule has 4 aromatic rings. The number of fused-ring (bicyclic) bond motifs is 3. The van der Waals surface area contributed by atoms with E-state index in [2.05, 4.69) is 9.80 Å². The second-order valence-electron chi connectivity index (χ2n) is 11.3. The lowest BCUT2D eigenvalue weighted by Gasteiger charge is -2.36. The fraction of sp³-hybridized carbons (Fsp3) is 0.343. The summed E-state index contributed by atoms with van der Waals surface area (Å²) in [6, 6.07) is 23.2. The summed E-state index contributed by atoms with van der Waals surface area (Å²) in [7, 11) is 1.62. The lowest BCUT2D eigenvalue weighted by Crippen LogP contribution is -2.47. The van der Waals surface area contributed by atoms with Crippen molar-refractivity contribution >= 4 is 39.9 Å². The first-order chi connectivity index (χ1) is 22.3. The number of hydrogen-bond donors (Lipinski definition) is 0. The van der Waals surface area contributed by atoms with Gasteiger partial charge in [0.25, 0.3) is 0 Å². The third kappa shape index (κ3) is 7.37. The van der Waals surface area contributed by atoms with Crippen molar-refractivity contribution in [3.63, 3.8) is 0 Å². The number of para-hydroxylation sites is 1. The summed E-state index contributed by atoms with van der Waals surface area (Å²) in [6.07, 6.45) is -3.57. The molecular formula is C35H36F3N3O4S. The van der Waals surface area contributed by atoms with Gasteiger partial charge in [-0.25, -0.2) is 4.79 Å². The second-order valence-corrected chi connectivity index (χ2v) is 12.3. The van der Waals surface area contributed by atoms with Crippen LogP contribution >= 0.6 is 11.8 Å². The van der Waals surface area contributed by atoms with Gasteiger partial charge in [0.15, 0.2) is 6.61 Å². The summed E-state index contributed by atoms with van der Waals surface area (Å²) in [4.78, 5) is 20.9. The number of carbonyl (C=O) groups is 1. The van der Waals surface area contributed by atoms with Crippen molar-refractivity contribution in [3.05, 3.63) is 84.4 Å². The Morgan fingerprint density at radius 1 is 0.783 bits per heavy atom. The minimum atomic E-state index is -4.39. The van der Waals surface area contributed by atoms with Crippen LogP contribution in [0.4, 0.5) is 24.5 Å². The van der Waals surface area contributed by atoms with E-state index in [0.717, 1.165) is 77.2 Å². The average Bonchev–Trinajstić information content (AvgIpc) is 3.07. The maximum atomic E-state index is 13.5. The normalized spacial score (nSPS) is 15.3. The molecule has 2 aliphatic rings. The molecule has 1 saturated heterocycles. The van der Waals surface area contributed by atoms with Crippen molar-refractivity contribution in [1.29, 1.82) is 0 Å². The molecule has 0 amide bonds. The first-order valence-corrected chi connectivity index (χ1v) is 16.2. The van der Waals surface area contributed by atoms with E-state index in [-0.39, 0.29) is 13.2 Å². The van der Waals surface area contributed by atoms with Crippen LogP contribution in [0.1, 0.15) is 12.0 Å². The lowest BCUT2D eigenvalue weighted by molar-refractivity contribution is -0.146. The molecule has 7 nitrogen and oxygen atoms in total. The van der Waals surface area contributed by atoms with Crippen molar-refractivity contribution in [2.75, 3.05) is 71.0 Å². The molecule has 2 heterocycles. The Balaban J connectivity index is 0.936. The van der Waals surface area contributed by atoms with Gasteiger partial charge in [-0.3, -0.25) is 4.90 Å². The number of alkyl halides is 3. The molecule has 0 atom stereocenters. The molecular weight excluding hydrogens is 615 g/mol. The van der Waals surface area contributed by atoms with E-state index in [1.54, 1.807) is 19.2 Å². The maximum Gasteiger partial charge on any atom is 0.416 e. The Labute approximate surface area is 270 Å². The summed E-state index contributed by atoms with van der Waals surface area (Å²) in [5, 5.41) is 1.78. The number of anilines is 2. The number of hydrogen-bond acceptors (Lipinski definition) is 8. The first-order valence-electron chi connectivity index (χ1n) is 15.3. The Bertz CT molecular complexity index is 1680. The van der Waals surface area contributed by atoms with E-state index < -0.39 is 17.7 Å². The fourth-order valence-electron chi connectivity index (χ4n) is 5.95. The molecule has 0 unspecified atom stereocenters. The number of piperazine rings is 1. The number of halogens is 3. The van der Waals surface area contributed by atoms with E-state index in [4.69, 9.17) is 14.2 Å². The molecule has 11 heteroatoms. The molecule has 6 rings (SSSR count). The van der Waals surface area contributed by atoms with Gasteiger partial charge in [0.1, 0.15) is 18.1 Å². The van der Waals surface area contributed by atoms with Gasteiger partial charge in [0, 0.05) is 59.8 Å². The zero-order valence-corrected chi connectivity index (χ0v) is 26.4. The molecule has 0 N–H and O–H groups in total. The van der Waals surface area contributed by atoms with Crippen molar-refractivity contribution in [1.82, 2.24) is 9.80 Å². The second kappa shape index (κ2) is 14.2. The molecule has 46 heavy (non-hydrogen) atoms. The first kappa shape index (κ1) is 32.0. The minimum Gasteiger partial charge on any atom is -0.496 e. The molecule has 1 fully saturated rings. The number of nitrogens with zero attached hydrogens (tertiary/aromatic N) is 3. The molecule has 0 aliphatic carbocycles. The quantitative estimate of drug-likeness (QED) is 0.159. The van der Waals surface area contributed by atoms with Crippen molar-refractivity contribution < 1.29 is 32.2 Å². The van der Waals surface area contributed by atoms with Gasteiger partial charge in [-0.05, 0) is 55.4 Å². The molecule has 242 valence electrons. The minimum absolute atomic E-state index is 0.174. The fourth-order valence-corrected chi connectivity index (χ4v) is 7.03.